The first-order valence-corrected chi connectivity index (χ1v) is 12.4. The van der Waals surface area contributed by atoms with Crippen LogP contribution in [0.3, 0.4) is 0 Å². The first kappa shape index (κ1) is 27.1. The lowest BCUT2D eigenvalue weighted by Crippen LogP contribution is -2.26. The number of allylic oxidation sites excluding steroid dienone is 2. The van der Waals surface area contributed by atoms with Gasteiger partial charge in [-0.05, 0) is 49.8 Å². The average Bonchev–Trinajstić information content (AvgIpc) is 2.77. The van der Waals surface area contributed by atoms with Crippen LogP contribution in [0.5, 0.6) is 11.5 Å². The van der Waals surface area contributed by atoms with Crippen molar-refractivity contribution in [3.05, 3.63) is 35.9 Å². The number of carbonyl (C=O) groups excluding carboxylic acids is 1. The monoisotopic (exact) mass is 431 g/mol. The third-order valence-corrected chi connectivity index (χ3v) is 5.62. The van der Waals surface area contributed by atoms with Crippen molar-refractivity contribution in [2.24, 2.45) is 0 Å². The lowest BCUT2D eigenvalue weighted by Gasteiger charge is -2.08. The predicted molar refractivity (Wildman–Crippen MR) is 131 cm³/mol. The van der Waals surface area contributed by atoms with E-state index in [1.54, 1.807) is 18.2 Å². The average molecular weight is 432 g/mol. The van der Waals surface area contributed by atoms with Crippen molar-refractivity contribution < 1.29 is 14.6 Å². The highest BCUT2D eigenvalue weighted by Gasteiger charge is 2.07. The second-order valence-electron chi connectivity index (χ2n) is 8.47. The Labute approximate surface area is 190 Å². The molecule has 0 radical (unpaired) electrons. The summed E-state index contributed by atoms with van der Waals surface area (Å²) in [5, 5.41) is 12.6. The van der Waals surface area contributed by atoms with Crippen LogP contribution in [0.25, 0.3) is 0 Å². The molecule has 0 aliphatic carbocycles. The molecule has 0 fully saturated rings. The number of amides is 1. The number of hydrogen-bond donors (Lipinski definition) is 2. The van der Waals surface area contributed by atoms with Crippen LogP contribution in [0.1, 0.15) is 102 Å². The van der Waals surface area contributed by atoms with E-state index in [0.717, 1.165) is 18.5 Å². The molecule has 1 rings (SSSR count). The molecular formula is C27H45NO3. The number of methoxy groups -OCH3 is 1. The second kappa shape index (κ2) is 18.8. The van der Waals surface area contributed by atoms with Crippen LogP contribution in [0, 0.1) is 0 Å². The maximum Gasteiger partial charge on any atom is 0.224 e. The molecule has 0 unspecified atom stereocenters. The lowest BCUT2D eigenvalue weighted by atomic mass is 10.1. The molecule has 4 heteroatoms. The van der Waals surface area contributed by atoms with Crippen molar-refractivity contribution in [2.75, 3.05) is 13.7 Å². The number of hydrogen-bond acceptors (Lipinski definition) is 3. The van der Waals surface area contributed by atoms with Gasteiger partial charge in [-0.3, -0.25) is 4.79 Å². The Morgan fingerprint density at radius 3 is 2.10 bits per heavy atom. The summed E-state index contributed by atoms with van der Waals surface area (Å²) in [5.41, 5.74) is 0.841. The Kier molecular flexibility index (Phi) is 16.4. The van der Waals surface area contributed by atoms with Gasteiger partial charge >= 0.3 is 0 Å². The minimum Gasteiger partial charge on any atom is -0.504 e. The number of phenolic OH excluding ortho intramolecular Hbond substituents is 1. The Morgan fingerprint density at radius 2 is 1.48 bits per heavy atom. The summed E-state index contributed by atoms with van der Waals surface area (Å²) in [4.78, 5) is 12.0. The van der Waals surface area contributed by atoms with Crippen LogP contribution >= 0.6 is 0 Å². The Morgan fingerprint density at radius 1 is 0.903 bits per heavy atom. The topological polar surface area (TPSA) is 58.6 Å². The molecule has 2 N–H and O–H groups in total. The van der Waals surface area contributed by atoms with Crippen LogP contribution in [0.15, 0.2) is 30.4 Å². The summed E-state index contributed by atoms with van der Waals surface area (Å²) in [6, 6.07) is 5.02. The third kappa shape index (κ3) is 14.6. The summed E-state index contributed by atoms with van der Waals surface area (Å²) in [6.07, 6.45) is 23.1. The molecule has 0 saturated heterocycles. The smallest absolute Gasteiger partial charge is 0.224 e. The van der Waals surface area contributed by atoms with E-state index in [1.807, 2.05) is 0 Å². The fraction of sp³-hybridized carbons (Fsp3) is 0.667. The normalized spacial score (nSPS) is 11.2. The van der Waals surface area contributed by atoms with Gasteiger partial charge in [0.05, 0.1) is 13.5 Å². The predicted octanol–water partition coefficient (Wildman–Crippen LogP) is 7.10. The maximum atomic E-state index is 12.0. The van der Waals surface area contributed by atoms with E-state index < -0.39 is 0 Å². The standard InChI is InChI=1S/C27H45NO3/c1-3-4-5-6-7-8-9-10-11-12-13-14-15-16-17-18-21-28-27(30)23-24-19-20-25(29)26(22-24)31-2/h10-11,19-20,22,29H,3-9,12-18,21,23H2,1-2H3,(H,28,30)/b11-10+. The van der Waals surface area contributed by atoms with Gasteiger partial charge < -0.3 is 15.2 Å². The molecule has 0 bridgehead atoms. The van der Waals surface area contributed by atoms with Crippen molar-refractivity contribution in [2.45, 2.75) is 103 Å². The van der Waals surface area contributed by atoms with E-state index in [1.165, 1.54) is 90.6 Å². The summed E-state index contributed by atoms with van der Waals surface area (Å²) < 4.78 is 5.08. The van der Waals surface area contributed by atoms with Crippen LogP contribution in [0.4, 0.5) is 0 Å². The van der Waals surface area contributed by atoms with Crippen molar-refractivity contribution >= 4 is 5.91 Å². The fourth-order valence-electron chi connectivity index (χ4n) is 3.68. The lowest BCUT2D eigenvalue weighted by molar-refractivity contribution is -0.120. The molecule has 4 nitrogen and oxygen atoms in total. The molecule has 1 amide bonds. The molecular weight excluding hydrogens is 386 g/mol. The second-order valence-corrected chi connectivity index (χ2v) is 8.47. The third-order valence-electron chi connectivity index (χ3n) is 5.62. The van der Waals surface area contributed by atoms with E-state index in [0.29, 0.717) is 12.2 Å². The SMILES string of the molecule is CCCCCCCC/C=C/CCCCCCCCNC(=O)Cc1ccc(O)c(OC)c1. The highest BCUT2D eigenvalue weighted by Crippen LogP contribution is 2.26. The number of benzene rings is 1. The largest absolute Gasteiger partial charge is 0.504 e. The van der Waals surface area contributed by atoms with Gasteiger partial charge in [0.25, 0.3) is 0 Å². The van der Waals surface area contributed by atoms with E-state index in [2.05, 4.69) is 24.4 Å². The van der Waals surface area contributed by atoms with Gasteiger partial charge in [-0.2, -0.15) is 0 Å². The van der Waals surface area contributed by atoms with Gasteiger partial charge in [-0.25, -0.2) is 0 Å². The maximum absolute atomic E-state index is 12.0. The summed E-state index contributed by atoms with van der Waals surface area (Å²) in [7, 11) is 1.51. The van der Waals surface area contributed by atoms with E-state index in [-0.39, 0.29) is 11.7 Å². The Hall–Kier alpha value is -1.97. The number of aromatic hydroxyl groups is 1. The zero-order chi connectivity index (χ0) is 22.6. The van der Waals surface area contributed by atoms with E-state index in [9.17, 15) is 9.90 Å². The number of ether oxygens (including phenoxy) is 1. The minimum atomic E-state index is 0.0143. The first-order chi connectivity index (χ1) is 15.2. The van der Waals surface area contributed by atoms with Gasteiger partial charge in [0.1, 0.15) is 0 Å². The van der Waals surface area contributed by atoms with Gasteiger partial charge in [-0.15, -0.1) is 0 Å². The molecule has 1 aromatic carbocycles. The molecule has 1 aromatic rings. The molecule has 0 atom stereocenters. The Balaban J connectivity index is 1.90. The van der Waals surface area contributed by atoms with E-state index >= 15 is 0 Å². The summed E-state index contributed by atoms with van der Waals surface area (Å²) in [5.74, 6) is 0.509. The van der Waals surface area contributed by atoms with Crippen molar-refractivity contribution in [3.63, 3.8) is 0 Å². The van der Waals surface area contributed by atoms with Crippen molar-refractivity contribution in [1.82, 2.24) is 5.32 Å². The van der Waals surface area contributed by atoms with Gasteiger partial charge in [0.15, 0.2) is 11.5 Å². The highest BCUT2D eigenvalue weighted by molar-refractivity contribution is 5.78. The number of phenols is 1. The van der Waals surface area contributed by atoms with Crippen LogP contribution in [0.2, 0.25) is 0 Å². The highest BCUT2D eigenvalue weighted by atomic mass is 16.5. The molecule has 0 aromatic heterocycles. The van der Waals surface area contributed by atoms with Gasteiger partial charge in [0, 0.05) is 6.54 Å². The zero-order valence-corrected chi connectivity index (χ0v) is 20.0. The first-order valence-electron chi connectivity index (χ1n) is 12.4. The summed E-state index contributed by atoms with van der Waals surface area (Å²) in [6.45, 7) is 3.00. The molecule has 0 saturated carbocycles. The zero-order valence-electron chi connectivity index (χ0n) is 20.0. The molecule has 0 heterocycles. The molecule has 0 aliphatic rings. The number of rotatable bonds is 19. The quantitative estimate of drug-likeness (QED) is 0.181. The molecule has 0 aliphatic heterocycles. The van der Waals surface area contributed by atoms with Gasteiger partial charge in [-0.1, -0.05) is 82.9 Å². The van der Waals surface area contributed by atoms with Crippen LogP contribution in [-0.2, 0) is 11.2 Å². The number of unbranched alkanes of at least 4 members (excludes halogenated alkanes) is 12. The van der Waals surface area contributed by atoms with Crippen molar-refractivity contribution in [3.8, 4) is 11.5 Å². The summed E-state index contributed by atoms with van der Waals surface area (Å²) >= 11 is 0. The molecule has 0 spiro atoms. The number of nitrogens with one attached hydrogen (secondary N) is 1. The van der Waals surface area contributed by atoms with Gasteiger partial charge in [0.2, 0.25) is 5.91 Å². The van der Waals surface area contributed by atoms with E-state index in [4.69, 9.17) is 4.74 Å². The molecule has 31 heavy (non-hydrogen) atoms. The van der Waals surface area contributed by atoms with Crippen LogP contribution in [-0.4, -0.2) is 24.7 Å². The van der Waals surface area contributed by atoms with Crippen LogP contribution < -0.4 is 10.1 Å². The fourth-order valence-corrected chi connectivity index (χ4v) is 3.68. The molecule has 176 valence electrons. The number of carbonyl (C=O) groups is 1. The minimum absolute atomic E-state index is 0.0143. The van der Waals surface area contributed by atoms with Crippen molar-refractivity contribution in [1.29, 1.82) is 0 Å². The Bertz CT molecular complexity index is 612.